The molecule has 1 N–H and O–H groups in total. The Morgan fingerprint density at radius 2 is 2.12 bits per heavy atom. The number of nitrogens with one attached hydrogen (secondary N) is 1. The first-order valence-corrected chi connectivity index (χ1v) is 8.04. The number of rotatable bonds is 3. The molecule has 1 aromatic carbocycles. The monoisotopic (exact) mass is 351 g/mol. The van der Waals surface area contributed by atoms with Crippen molar-refractivity contribution in [2.45, 2.75) is 37.6 Å². The van der Waals surface area contributed by atoms with Gasteiger partial charge < -0.3 is 9.64 Å². The molecule has 0 spiro atoms. The Kier molecular flexibility index (Phi) is 3.52. The molecule has 0 bridgehead atoms. The van der Waals surface area contributed by atoms with Crippen molar-refractivity contribution >= 4 is 5.91 Å². The van der Waals surface area contributed by atoms with Gasteiger partial charge >= 0.3 is 6.36 Å². The lowest BCUT2D eigenvalue weighted by molar-refractivity contribution is -0.274. The summed E-state index contributed by atoms with van der Waals surface area (Å²) in [6, 6.07) is 5.76. The molecule has 0 radical (unpaired) electrons. The molecular weight excluding hydrogens is 335 g/mol. The highest BCUT2D eigenvalue weighted by molar-refractivity contribution is 5.91. The highest BCUT2D eigenvalue weighted by atomic mass is 19.4. The number of aromatic amines is 1. The summed E-state index contributed by atoms with van der Waals surface area (Å²) < 4.78 is 41.3. The summed E-state index contributed by atoms with van der Waals surface area (Å²) >= 11 is 0. The Bertz CT molecular complexity index is 811. The number of aromatic nitrogens is 2. The minimum atomic E-state index is -4.75. The fourth-order valence-corrected chi connectivity index (χ4v) is 3.43. The minimum Gasteiger partial charge on any atom is -0.406 e. The van der Waals surface area contributed by atoms with E-state index < -0.39 is 11.8 Å². The van der Waals surface area contributed by atoms with Crippen molar-refractivity contribution in [1.29, 1.82) is 0 Å². The van der Waals surface area contributed by atoms with Gasteiger partial charge in [-0.15, -0.1) is 13.2 Å². The van der Waals surface area contributed by atoms with Crippen molar-refractivity contribution in [3.05, 3.63) is 47.3 Å². The number of amides is 1. The fourth-order valence-electron chi connectivity index (χ4n) is 3.43. The van der Waals surface area contributed by atoms with E-state index in [-0.39, 0.29) is 11.7 Å². The molecule has 132 valence electrons. The number of carbonyl (C=O) groups is 1. The van der Waals surface area contributed by atoms with Gasteiger partial charge in [-0.2, -0.15) is 5.10 Å². The molecule has 1 saturated carbocycles. The predicted molar refractivity (Wildman–Crippen MR) is 81.7 cm³/mol. The standard InChI is InChI=1S/C17H16F3N3O2/c18-17(19,20)25-13-3-1-2-12(8-13)16(5-6-16)15(24)23-7-4-11-9-21-22-14(11)10-23/h1-3,8-9H,4-7,10H2,(H,21,22). The number of carbonyl (C=O) groups excluding carboxylic acids is 1. The number of benzene rings is 1. The fraction of sp³-hybridized carbons (Fsp3) is 0.412. The van der Waals surface area contributed by atoms with Gasteiger partial charge in [0.2, 0.25) is 5.91 Å². The van der Waals surface area contributed by atoms with Gasteiger partial charge in [-0.25, -0.2) is 0 Å². The summed E-state index contributed by atoms with van der Waals surface area (Å²) in [6.07, 6.45) is -0.989. The zero-order valence-corrected chi connectivity index (χ0v) is 13.3. The number of nitrogens with zero attached hydrogens (tertiary/aromatic N) is 2. The van der Waals surface area contributed by atoms with Crippen LogP contribution < -0.4 is 4.74 Å². The predicted octanol–water partition coefficient (Wildman–Crippen LogP) is 2.92. The van der Waals surface area contributed by atoms with E-state index in [0.717, 1.165) is 17.7 Å². The van der Waals surface area contributed by atoms with E-state index in [1.807, 2.05) is 0 Å². The van der Waals surface area contributed by atoms with Crippen LogP contribution >= 0.6 is 0 Å². The molecule has 25 heavy (non-hydrogen) atoms. The average Bonchev–Trinajstić information content (AvgIpc) is 3.24. The lowest BCUT2D eigenvalue weighted by Crippen LogP contribution is -2.42. The molecule has 0 saturated heterocycles. The molecule has 0 atom stereocenters. The molecule has 2 aromatic rings. The number of hydrogen-bond donors (Lipinski definition) is 1. The summed E-state index contributed by atoms with van der Waals surface area (Å²) in [5.41, 5.74) is 1.87. The van der Waals surface area contributed by atoms with E-state index in [0.29, 0.717) is 31.5 Å². The second kappa shape index (κ2) is 5.50. The van der Waals surface area contributed by atoms with Crippen molar-refractivity contribution in [3.63, 3.8) is 0 Å². The molecule has 0 unspecified atom stereocenters. The van der Waals surface area contributed by atoms with Crippen LogP contribution in [0.25, 0.3) is 0 Å². The maximum atomic E-state index is 13.0. The minimum absolute atomic E-state index is 0.0445. The number of alkyl halides is 3. The number of ether oxygens (including phenoxy) is 1. The van der Waals surface area contributed by atoms with Crippen molar-refractivity contribution in [1.82, 2.24) is 15.1 Å². The van der Waals surface area contributed by atoms with Gasteiger partial charge in [-0.1, -0.05) is 12.1 Å². The molecule has 1 aliphatic heterocycles. The summed E-state index contributed by atoms with van der Waals surface area (Å²) in [5.74, 6) is -0.338. The van der Waals surface area contributed by atoms with Crippen LogP contribution in [0.15, 0.2) is 30.5 Å². The number of hydrogen-bond acceptors (Lipinski definition) is 3. The van der Waals surface area contributed by atoms with Gasteiger partial charge in [0.15, 0.2) is 0 Å². The number of halogens is 3. The second-order valence-corrected chi connectivity index (χ2v) is 6.51. The van der Waals surface area contributed by atoms with Crippen LogP contribution in [0, 0.1) is 0 Å². The number of fused-ring (bicyclic) bond motifs is 1. The van der Waals surface area contributed by atoms with Crippen LogP contribution in [0.1, 0.15) is 29.7 Å². The molecular formula is C17H16F3N3O2. The third kappa shape index (κ3) is 2.96. The van der Waals surface area contributed by atoms with Crippen LogP contribution in [0.3, 0.4) is 0 Å². The van der Waals surface area contributed by atoms with Gasteiger partial charge in [-0.05, 0) is 42.5 Å². The lowest BCUT2D eigenvalue weighted by atomic mass is 9.93. The van der Waals surface area contributed by atoms with Crippen molar-refractivity contribution in [3.8, 4) is 5.75 Å². The third-order valence-corrected chi connectivity index (χ3v) is 4.87. The normalized spacial score (nSPS) is 18.6. The molecule has 5 nitrogen and oxygen atoms in total. The van der Waals surface area contributed by atoms with E-state index >= 15 is 0 Å². The zero-order valence-electron chi connectivity index (χ0n) is 13.3. The first-order chi connectivity index (χ1) is 11.9. The first-order valence-electron chi connectivity index (χ1n) is 8.04. The Hall–Kier alpha value is -2.51. The van der Waals surface area contributed by atoms with E-state index in [2.05, 4.69) is 14.9 Å². The lowest BCUT2D eigenvalue weighted by Gasteiger charge is -2.30. The van der Waals surface area contributed by atoms with E-state index in [9.17, 15) is 18.0 Å². The van der Waals surface area contributed by atoms with Crippen LogP contribution in [0.4, 0.5) is 13.2 Å². The topological polar surface area (TPSA) is 58.2 Å². The van der Waals surface area contributed by atoms with Crippen LogP contribution in [0.2, 0.25) is 0 Å². The first kappa shape index (κ1) is 16.0. The molecule has 1 aromatic heterocycles. The SMILES string of the molecule is O=C(N1CCc2cn[nH]c2C1)C1(c2cccc(OC(F)(F)F)c2)CC1. The van der Waals surface area contributed by atoms with Crippen molar-refractivity contribution in [2.75, 3.05) is 6.54 Å². The Labute approximate surface area is 141 Å². The van der Waals surface area contributed by atoms with E-state index in [1.54, 1.807) is 17.2 Å². The van der Waals surface area contributed by atoms with Crippen LogP contribution in [-0.4, -0.2) is 33.9 Å². The quantitative estimate of drug-likeness (QED) is 0.925. The molecule has 8 heteroatoms. The largest absolute Gasteiger partial charge is 0.573 e. The molecule has 1 fully saturated rings. The summed E-state index contributed by atoms with van der Waals surface area (Å²) in [6.45, 7) is 1.04. The highest BCUT2D eigenvalue weighted by Crippen LogP contribution is 2.50. The molecule has 1 amide bonds. The highest BCUT2D eigenvalue weighted by Gasteiger charge is 2.53. The average molecular weight is 351 g/mol. The molecule has 2 aliphatic rings. The van der Waals surface area contributed by atoms with Crippen LogP contribution in [0.5, 0.6) is 5.75 Å². The molecule has 2 heterocycles. The van der Waals surface area contributed by atoms with Gasteiger partial charge in [0.05, 0.1) is 23.9 Å². The Morgan fingerprint density at radius 1 is 1.32 bits per heavy atom. The summed E-state index contributed by atoms with van der Waals surface area (Å²) in [4.78, 5) is 14.8. The van der Waals surface area contributed by atoms with E-state index in [1.165, 1.54) is 18.2 Å². The van der Waals surface area contributed by atoms with Crippen molar-refractivity contribution in [2.24, 2.45) is 0 Å². The Morgan fingerprint density at radius 3 is 2.84 bits per heavy atom. The third-order valence-electron chi connectivity index (χ3n) is 4.87. The van der Waals surface area contributed by atoms with E-state index in [4.69, 9.17) is 0 Å². The summed E-state index contributed by atoms with van der Waals surface area (Å²) in [5, 5.41) is 6.89. The van der Waals surface area contributed by atoms with Gasteiger partial charge in [-0.3, -0.25) is 9.89 Å². The van der Waals surface area contributed by atoms with Gasteiger partial charge in [0, 0.05) is 6.54 Å². The van der Waals surface area contributed by atoms with Crippen LogP contribution in [-0.2, 0) is 23.2 Å². The summed E-state index contributed by atoms with van der Waals surface area (Å²) in [7, 11) is 0. The second-order valence-electron chi connectivity index (χ2n) is 6.51. The van der Waals surface area contributed by atoms with Crippen molar-refractivity contribution < 1.29 is 22.7 Å². The Balaban J connectivity index is 1.56. The maximum absolute atomic E-state index is 13.0. The zero-order chi connectivity index (χ0) is 17.7. The number of H-pyrrole nitrogens is 1. The van der Waals surface area contributed by atoms with Gasteiger partial charge in [0.25, 0.3) is 0 Å². The molecule has 1 aliphatic carbocycles. The maximum Gasteiger partial charge on any atom is 0.573 e. The molecule has 4 rings (SSSR count). The smallest absolute Gasteiger partial charge is 0.406 e. The van der Waals surface area contributed by atoms with Gasteiger partial charge in [0.1, 0.15) is 5.75 Å².